The summed E-state index contributed by atoms with van der Waals surface area (Å²) in [7, 11) is 0. The van der Waals surface area contributed by atoms with Gasteiger partial charge in [-0.1, -0.05) is 15.9 Å². The number of carbonyl (C=O) groups is 2. The highest BCUT2D eigenvalue weighted by Gasteiger charge is 2.34. The van der Waals surface area contributed by atoms with Gasteiger partial charge in [-0.15, -0.1) is 0 Å². The van der Waals surface area contributed by atoms with Crippen molar-refractivity contribution in [2.45, 2.75) is 18.9 Å². The number of nitrogens with zero attached hydrogens (tertiary/aromatic N) is 1. The van der Waals surface area contributed by atoms with Crippen LogP contribution in [0.5, 0.6) is 0 Å². The van der Waals surface area contributed by atoms with Crippen LogP contribution in [0.2, 0.25) is 0 Å². The molecule has 1 fully saturated rings. The topological polar surface area (TPSA) is 75.4 Å². The average Bonchev–Trinajstić information content (AvgIpc) is 2.94. The predicted molar refractivity (Wildman–Crippen MR) is 80.3 cm³/mol. The second kappa shape index (κ2) is 6.85. The molecule has 0 spiro atoms. The molecule has 20 heavy (non-hydrogen) atoms. The first-order valence-corrected chi connectivity index (χ1v) is 7.47. The van der Waals surface area contributed by atoms with Crippen molar-refractivity contribution < 1.29 is 9.59 Å². The van der Waals surface area contributed by atoms with E-state index in [-0.39, 0.29) is 17.9 Å². The molecule has 0 aliphatic carbocycles. The summed E-state index contributed by atoms with van der Waals surface area (Å²) in [5, 5.41) is 2.75. The van der Waals surface area contributed by atoms with Crippen molar-refractivity contribution in [3.63, 3.8) is 0 Å². The zero-order valence-corrected chi connectivity index (χ0v) is 12.7. The third-order valence-corrected chi connectivity index (χ3v) is 3.88. The molecule has 1 heterocycles. The van der Waals surface area contributed by atoms with Crippen LogP contribution in [0.4, 0.5) is 0 Å². The lowest BCUT2D eigenvalue weighted by Gasteiger charge is -2.24. The SMILES string of the molecule is NCCNC(=O)C1CCCN1C(=O)c1ccc(Br)cc1. The van der Waals surface area contributed by atoms with Gasteiger partial charge in [-0.2, -0.15) is 0 Å². The molecule has 6 heteroatoms. The molecule has 1 aliphatic heterocycles. The number of carbonyl (C=O) groups excluding carboxylic acids is 2. The summed E-state index contributed by atoms with van der Waals surface area (Å²) >= 11 is 3.34. The number of hydrogen-bond donors (Lipinski definition) is 2. The molecule has 1 atom stereocenters. The van der Waals surface area contributed by atoms with Crippen LogP contribution in [0.25, 0.3) is 0 Å². The molecule has 1 aromatic rings. The molecule has 1 unspecified atom stereocenters. The number of amides is 2. The highest BCUT2D eigenvalue weighted by atomic mass is 79.9. The lowest BCUT2D eigenvalue weighted by molar-refractivity contribution is -0.124. The summed E-state index contributed by atoms with van der Waals surface area (Å²) in [6.45, 7) is 1.46. The molecule has 0 bridgehead atoms. The summed E-state index contributed by atoms with van der Waals surface area (Å²) in [5.41, 5.74) is 5.98. The fraction of sp³-hybridized carbons (Fsp3) is 0.429. The number of rotatable bonds is 4. The van der Waals surface area contributed by atoms with Crippen LogP contribution in [-0.2, 0) is 4.79 Å². The minimum atomic E-state index is -0.377. The van der Waals surface area contributed by atoms with Crippen LogP contribution in [0.15, 0.2) is 28.7 Å². The average molecular weight is 340 g/mol. The highest BCUT2D eigenvalue weighted by Crippen LogP contribution is 2.21. The van der Waals surface area contributed by atoms with Crippen LogP contribution in [0.1, 0.15) is 23.2 Å². The van der Waals surface area contributed by atoms with E-state index >= 15 is 0 Å². The van der Waals surface area contributed by atoms with Crippen LogP contribution >= 0.6 is 15.9 Å². The maximum atomic E-state index is 12.5. The molecule has 0 saturated carbocycles. The number of nitrogens with one attached hydrogen (secondary N) is 1. The molecule has 0 aromatic heterocycles. The minimum absolute atomic E-state index is 0.0945. The van der Waals surface area contributed by atoms with Gasteiger partial charge in [-0.05, 0) is 37.1 Å². The molecule has 2 amide bonds. The van der Waals surface area contributed by atoms with Gasteiger partial charge in [-0.3, -0.25) is 9.59 Å². The maximum Gasteiger partial charge on any atom is 0.254 e. The molecule has 0 radical (unpaired) electrons. The first-order valence-electron chi connectivity index (χ1n) is 6.68. The molecule has 1 saturated heterocycles. The molecule has 1 aliphatic rings. The Morgan fingerprint density at radius 3 is 2.70 bits per heavy atom. The van der Waals surface area contributed by atoms with Crippen molar-refractivity contribution in [1.82, 2.24) is 10.2 Å². The summed E-state index contributed by atoms with van der Waals surface area (Å²) < 4.78 is 0.924. The predicted octanol–water partition coefficient (Wildman–Crippen LogP) is 1.13. The van der Waals surface area contributed by atoms with E-state index in [1.807, 2.05) is 12.1 Å². The van der Waals surface area contributed by atoms with Crippen molar-refractivity contribution in [2.75, 3.05) is 19.6 Å². The van der Waals surface area contributed by atoms with E-state index in [1.165, 1.54) is 0 Å². The van der Waals surface area contributed by atoms with E-state index in [4.69, 9.17) is 5.73 Å². The second-order valence-corrected chi connectivity index (χ2v) is 5.66. The van der Waals surface area contributed by atoms with Gasteiger partial charge >= 0.3 is 0 Å². The maximum absolute atomic E-state index is 12.5. The summed E-state index contributed by atoms with van der Waals surface area (Å²) in [4.78, 5) is 26.1. The monoisotopic (exact) mass is 339 g/mol. The quantitative estimate of drug-likeness (QED) is 0.863. The molecule has 108 valence electrons. The zero-order chi connectivity index (χ0) is 14.5. The Morgan fingerprint density at radius 2 is 2.05 bits per heavy atom. The molecule has 5 nitrogen and oxygen atoms in total. The Hall–Kier alpha value is -1.40. The third-order valence-electron chi connectivity index (χ3n) is 3.35. The third kappa shape index (κ3) is 3.37. The standard InChI is InChI=1S/C14H18BrN3O2/c15-11-5-3-10(4-6-11)14(20)18-9-1-2-12(18)13(19)17-8-7-16/h3-6,12H,1-2,7-9,16H2,(H,17,19). The lowest BCUT2D eigenvalue weighted by atomic mass is 10.1. The van der Waals surface area contributed by atoms with Crippen LogP contribution < -0.4 is 11.1 Å². The van der Waals surface area contributed by atoms with Gasteiger partial charge in [0.2, 0.25) is 5.91 Å². The molecular weight excluding hydrogens is 322 g/mol. The summed E-state index contributed by atoms with van der Waals surface area (Å²) in [6, 6.07) is 6.80. The van der Waals surface area contributed by atoms with Crippen LogP contribution in [0.3, 0.4) is 0 Å². The van der Waals surface area contributed by atoms with E-state index in [0.717, 1.165) is 10.9 Å². The Morgan fingerprint density at radius 1 is 1.35 bits per heavy atom. The Balaban J connectivity index is 2.08. The van der Waals surface area contributed by atoms with Gasteiger partial charge in [0.15, 0.2) is 0 Å². The highest BCUT2D eigenvalue weighted by molar-refractivity contribution is 9.10. The Kier molecular flexibility index (Phi) is 5.14. The first kappa shape index (κ1) is 15.0. The number of nitrogens with two attached hydrogens (primary N) is 1. The molecule has 1 aromatic carbocycles. The van der Waals surface area contributed by atoms with Crippen molar-refractivity contribution in [3.8, 4) is 0 Å². The van der Waals surface area contributed by atoms with Gasteiger partial charge in [0.1, 0.15) is 6.04 Å². The Labute approximate surface area is 126 Å². The second-order valence-electron chi connectivity index (χ2n) is 4.74. The first-order chi connectivity index (χ1) is 9.63. The Bertz CT molecular complexity index is 490. The van der Waals surface area contributed by atoms with Gasteiger partial charge in [0.25, 0.3) is 5.91 Å². The van der Waals surface area contributed by atoms with Crippen molar-refractivity contribution in [1.29, 1.82) is 0 Å². The van der Waals surface area contributed by atoms with E-state index in [0.29, 0.717) is 31.6 Å². The number of halogens is 1. The number of benzene rings is 1. The summed E-state index contributed by atoms with van der Waals surface area (Å²) in [6.07, 6.45) is 1.56. The zero-order valence-electron chi connectivity index (χ0n) is 11.1. The van der Waals surface area contributed by atoms with Gasteiger partial charge < -0.3 is 16.0 Å². The molecule has 2 rings (SSSR count). The molecular formula is C14H18BrN3O2. The van der Waals surface area contributed by atoms with Crippen molar-refractivity contribution >= 4 is 27.7 Å². The van der Waals surface area contributed by atoms with E-state index in [1.54, 1.807) is 17.0 Å². The van der Waals surface area contributed by atoms with E-state index < -0.39 is 0 Å². The van der Waals surface area contributed by atoms with E-state index in [2.05, 4.69) is 21.2 Å². The van der Waals surface area contributed by atoms with E-state index in [9.17, 15) is 9.59 Å². The van der Waals surface area contributed by atoms with Crippen LogP contribution in [-0.4, -0.2) is 42.4 Å². The normalized spacial score (nSPS) is 18.1. The van der Waals surface area contributed by atoms with Gasteiger partial charge in [0, 0.05) is 29.7 Å². The molecule has 3 N–H and O–H groups in total. The van der Waals surface area contributed by atoms with Gasteiger partial charge in [0.05, 0.1) is 0 Å². The smallest absolute Gasteiger partial charge is 0.254 e. The lowest BCUT2D eigenvalue weighted by Crippen LogP contribution is -2.46. The van der Waals surface area contributed by atoms with Crippen LogP contribution in [0, 0.1) is 0 Å². The van der Waals surface area contributed by atoms with Crippen molar-refractivity contribution in [3.05, 3.63) is 34.3 Å². The number of hydrogen-bond acceptors (Lipinski definition) is 3. The fourth-order valence-corrected chi connectivity index (χ4v) is 2.62. The van der Waals surface area contributed by atoms with Gasteiger partial charge in [-0.25, -0.2) is 0 Å². The van der Waals surface area contributed by atoms with Crippen molar-refractivity contribution in [2.24, 2.45) is 5.73 Å². The summed E-state index contributed by atoms with van der Waals surface area (Å²) in [5.74, 6) is -0.207. The largest absolute Gasteiger partial charge is 0.353 e. The fourth-order valence-electron chi connectivity index (χ4n) is 2.35. The number of likely N-dealkylation sites (tertiary alicyclic amines) is 1. The minimum Gasteiger partial charge on any atom is -0.353 e.